The first-order valence-corrected chi connectivity index (χ1v) is 9.59. The van der Waals surface area contributed by atoms with Crippen molar-refractivity contribution in [2.45, 2.75) is 0 Å². The van der Waals surface area contributed by atoms with E-state index in [0.717, 1.165) is 11.0 Å². The van der Waals surface area contributed by atoms with Crippen LogP contribution in [0.2, 0.25) is 0 Å². The molecular formula is C15H13NO5S2. The van der Waals surface area contributed by atoms with Gasteiger partial charge in [0.25, 0.3) is 10.0 Å². The molecule has 0 amide bonds. The monoisotopic (exact) mass is 351 g/mol. The van der Waals surface area contributed by atoms with Crippen LogP contribution < -0.4 is 8.86 Å². The van der Waals surface area contributed by atoms with Gasteiger partial charge in [0.05, 0.1) is 12.5 Å². The van der Waals surface area contributed by atoms with Gasteiger partial charge in [-0.1, -0.05) is 36.4 Å². The van der Waals surface area contributed by atoms with E-state index in [1.54, 1.807) is 59.8 Å². The van der Waals surface area contributed by atoms with E-state index in [1.165, 1.54) is 0 Å². The number of benzene rings is 2. The molecule has 0 aromatic heterocycles. The average molecular weight is 351 g/mol. The zero-order chi connectivity index (χ0) is 16.7. The molecule has 6 nitrogen and oxygen atoms in total. The number of sulfonamides is 2. The van der Waals surface area contributed by atoms with E-state index in [4.69, 9.17) is 4.74 Å². The summed E-state index contributed by atoms with van der Waals surface area (Å²) in [5, 5.41) is 0.741. The second kappa shape index (κ2) is 5.48. The number of hydrogen-bond donors (Lipinski definition) is 1. The maximum atomic E-state index is 12.1. The minimum absolute atomic E-state index is 0.260. The smallest absolute Gasteiger partial charge is 0.255 e. The molecule has 2 aromatic rings. The van der Waals surface area contributed by atoms with Gasteiger partial charge in [0, 0.05) is 5.56 Å². The Balaban J connectivity index is 2.19. The zero-order valence-corrected chi connectivity index (χ0v) is 13.7. The molecule has 0 atom stereocenters. The maximum Gasteiger partial charge on any atom is 0.255 e. The molecule has 1 heterocycles. The van der Waals surface area contributed by atoms with Crippen molar-refractivity contribution in [3.63, 3.8) is 0 Å². The van der Waals surface area contributed by atoms with E-state index in [9.17, 15) is 16.8 Å². The third-order valence-corrected chi connectivity index (χ3v) is 6.79. The minimum atomic E-state index is -4.09. The Bertz CT molecular complexity index is 990. The van der Waals surface area contributed by atoms with Crippen molar-refractivity contribution in [3.8, 4) is 16.9 Å². The van der Waals surface area contributed by atoms with Crippen molar-refractivity contribution in [1.29, 1.82) is 0 Å². The van der Waals surface area contributed by atoms with Crippen LogP contribution >= 0.6 is 0 Å². The first kappa shape index (κ1) is 15.7. The number of methoxy groups -OCH3 is 1. The Morgan fingerprint density at radius 1 is 0.870 bits per heavy atom. The third-order valence-electron chi connectivity index (χ3n) is 3.37. The van der Waals surface area contributed by atoms with E-state index in [0.29, 0.717) is 16.9 Å². The molecule has 0 radical (unpaired) electrons. The van der Waals surface area contributed by atoms with Crippen LogP contribution in [-0.4, -0.2) is 23.9 Å². The van der Waals surface area contributed by atoms with Gasteiger partial charge in [0.1, 0.15) is 10.7 Å². The van der Waals surface area contributed by atoms with Crippen LogP contribution in [-0.2, 0) is 20.0 Å². The van der Waals surface area contributed by atoms with Gasteiger partial charge >= 0.3 is 0 Å². The van der Waals surface area contributed by atoms with Gasteiger partial charge < -0.3 is 4.74 Å². The summed E-state index contributed by atoms with van der Waals surface area (Å²) >= 11 is 0. The maximum absolute atomic E-state index is 12.1. The fraction of sp³-hybridized carbons (Fsp3) is 0.0667. The van der Waals surface area contributed by atoms with Crippen LogP contribution in [0.1, 0.15) is 5.56 Å². The molecule has 0 spiro atoms. The molecule has 8 heteroatoms. The Labute approximate surface area is 134 Å². The first-order chi connectivity index (χ1) is 10.8. The summed E-state index contributed by atoms with van der Waals surface area (Å²) in [6, 6.07) is 13.8. The van der Waals surface area contributed by atoms with E-state index < -0.39 is 20.0 Å². The van der Waals surface area contributed by atoms with Gasteiger partial charge in [-0.05, 0) is 23.3 Å². The van der Waals surface area contributed by atoms with Crippen molar-refractivity contribution < 1.29 is 21.6 Å². The van der Waals surface area contributed by atoms with Crippen LogP contribution in [0.25, 0.3) is 16.0 Å². The Morgan fingerprint density at radius 3 is 2.00 bits per heavy atom. The molecule has 0 saturated carbocycles. The highest BCUT2D eigenvalue weighted by molar-refractivity contribution is 8.14. The van der Waals surface area contributed by atoms with Gasteiger partial charge in [-0.3, -0.25) is 0 Å². The van der Waals surface area contributed by atoms with E-state index in [-0.39, 0.29) is 4.91 Å². The quantitative estimate of drug-likeness (QED) is 0.912. The zero-order valence-electron chi connectivity index (χ0n) is 12.1. The number of ether oxygens (including phenoxy) is 1. The highest BCUT2D eigenvalue weighted by Gasteiger charge is 2.34. The number of hydrogen-bond acceptors (Lipinski definition) is 5. The molecule has 23 heavy (non-hydrogen) atoms. The molecule has 2 aromatic carbocycles. The van der Waals surface area contributed by atoms with Crippen LogP contribution in [0.15, 0.2) is 53.9 Å². The standard InChI is InChI=1S/C15H13NO5S2/c1-21-12-8-6-11(7-9-12)13-4-2-3-5-14(13)15-10-22(17,18)16-23(15,19)20/h2-10,16H,1H3. The molecule has 0 fully saturated rings. The Morgan fingerprint density at radius 2 is 1.48 bits per heavy atom. The van der Waals surface area contributed by atoms with E-state index >= 15 is 0 Å². The third kappa shape index (κ3) is 3.00. The first-order valence-electron chi connectivity index (χ1n) is 6.56. The molecule has 0 aliphatic carbocycles. The van der Waals surface area contributed by atoms with Gasteiger partial charge in [0.15, 0.2) is 0 Å². The minimum Gasteiger partial charge on any atom is -0.497 e. The summed E-state index contributed by atoms with van der Waals surface area (Å²) in [4.78, 5) is -0.260. The summed E-state index contributed by atoms with van der Waals surface area (Å²) in [5.74, 6) is 0.670. The normalized spacial score (nSPS) is 18.4. The van der Waals surface area contributed by atoms with Crippen molar-refractivity contribution in [2.75, 3.05) is 7.11 Å². The molecule has 0 saturated heterocycles. The predicted molar refractivity (Wildman–Crippen MR) is 87.4 cm³/mol. The molecule has 0 bridgehead atoms. The fourth-order valence-electron chi connectivity index (χ4n) is 2.35. The van der Waals surface area contributed by atoms with E-state index in [1.807, 2.05) is 0 Å². The average Bonchev–Trinajstić information content (AvgIpc) is 2.75. The summed E-state index contributed by atoms with van der Waals surface area (Å²) in [6.45, 7) is 0. The topological polar surface area (TPSA) is 89.5 Å². The lowest BCUT2D eigenvalue weighted by molar-refractivity contribution is 0.415. The van der Waals surface area contributed by atoms with E-state index in [2.05, 4.69) is 0 Å². The Kier molecular flexibility index (Phi) is 3.75. The molecule has 1 N–H and O–H groups in total. The lowest BCUT2D eigenvalue weighted by atomic mass is 9.99. The van der Waals surface area contributed by atoms with Crippen molar-refractivity contribution >= 4 is 25.0 Å². The second-order valence-corrected chi connectivity index (χ2v) is 8.33. The molecular weight excluding hydrogens is 338 g/mol. The highest BCUT2D eigenvalue weighted by Crippen LogP contribution is 2.35. The largest absolute Gasteiger partial charge is 0.497 e. The van der Waals surface area contributed by atoms with Gasteiger partial charge in [-0.15, -0.1) is 4.13 Å². The van der Waals surface area contributed by atoms with Crippen LogP contribution in [0.3, 0.4) is 0 Å². The molecule has 1 aliphatic rings. The van der Waals surface area contributed by atoms with Crippen molar-refractivity contribution in [1.82, 2.24) is 4.13 Å². The lowest BCUT2D eigenvalue weighted by Crippen LogP contribution is -2.22. The summed E-state index contributed by atoms with van der Waals surface area (Å²) < 4.78 is 54.1. The lowest BCUT2D eigenvalue weighted by Gasteiger charge is -2.10. The molecule has 3 rings (SSSR count). The van der Waals surface area contributed by atoms with Crippen molar-refractivity contribution in [3.05, 3.63) is 59.5 Å². The SMILES string of the molecule is COc1ccc(-c2ccccc2C2=CS(=O)(=O)NS2(=O)=O)cc1. The summed E-state index contributed by atoms with van der Waals surface area (Å²) in [5.41, 5.74) is 1.69. The summed E-state index contributed by atoms with van der Waals surface area (Å²) in [7, 11) is -6.52. The fourth-order valence-corrected chi connectivity index (χ4v) is 5.89. The van der Waals surface area contributed by atoms with Crippen molar-refractivity contribution in [2.24, 2.45) is 0 Å². The second-order valence-electron chi connectivity index (χ2n) is 4.89. The van der Waals surface area contributed by atoms with Gasteiger partial charge in [-0.25, -0.2) is 16.8 Å². The Hall–Kier alpha value is -2.16. The molecule has 0 unspecified atom stereocenters. The van der Waals surface area contributed by atoms with Gasteiger partial charge in [-0.2, -0.15) is 0 Å². The number of rotatable bonds is 3. The summed E-state index contributed by atoms with van der Waals surface area (Å²) in [6.07, 6.45) is 0. The van der Waals surface area contributed by atoms with Crippen LogP contribution in [0.4, 0.5) is 0 Å². The predicted octanol–water partition coefficient (Wildman–Crippen LogP) is 1.92. The van der Waals surface area contributed by atoms with Gasteiger partial charge in [0.2, 0.25) is 10.0 Å². The van der Waals surface area contributed by atoms with Crippen LogP contribution in [0, 0.1) is 0 Å². The molecule has 120 valence electrons. The highest BCUT2D eigenvalue weighted by atomic mass is 32.3. The number of nitrogens with one attached hydrogen (secondary N) is 1. The van der Waals surface area contributed by atoms with Crippen LogP contribution in [0.5, 0.6) is 5.75 Å². The molecule has 1 aliphatic heterocycles.